The van der Waals surface area contributed by atoms with E-state index in [9.17, 15) is 19.1 Å². The van der Waals surface area contributed by atoms with E-state index in [0.717, 1.165) is 0 Å². The lowest BCUT2D eigenvalue weighted by Crippen LogP contribution is -2.40. The average Bonchev–Trinajstić information content (AvgIpc) is 2.93. The summed E-state index contributed by atoms with van der Waals surface area (Å²) < 4.78 is 19.9. The van der Waals surface area contributed by atoms with Crippen molar-refractivity contribution < 1.29 is 23.8 Å². The van der Waals surface area contributed by atoms with E-state index >= 15 is 0 Å². The molecule has 0 aliphatic rings. The van der Waals surface area contributed by atoms with Crippen molar-refractivity contribution >= 4 is 11.9 Å². The van der Waals surface area contributed by atoms with Crippen LogP contribution in [0.5, 0.6) is 5.75 Å². The second-order valence-corrected chi connectivity index (χ2v) is 6.33. The normalized spacial score (nSPS) is 12.0. The van der Waals surface area contributed by atoms with Gasteiger partial charge in [0.1, 0.15) is 11.6 Å². The molecule has 1 heterocycles. The number of carboxylic acids is 1. The van der Waals surface area contributed by atoms with Gasteiger partial charge < -0.3 is 15.2 Å². The summed E-state index contributed by atoms with van der Waals surface area (Å²) in [4.78, 5) is 23.7. The lowest BCUT2D eigenvalue weighted by Gasteiger charge is -2.16. The SMILES string of the molecule is Cc1c(C(=O)NCC(Oc2ccc(F)cc2)C(=O)O)cnn1CC(C)C. The number of carbonyl (C=O) groups excluding carboxylic acids is 1. The van der Waals surface area contributed by atoms with Crippen molar-refractivity contribution in [3.8, 4) is 5.75 Å². The first-order chi connectivity index (χ1) is 12.3. The summed E-state index contributed by atoms with van der Waals surface area (Å²) >= 11 is 0. The number of benzene rings is 1. The minimum atomic E-state index is -1.30. The van der Waals surface area contributed by atoms with Crippen molar-refractivity contribution in [2.75, 3.05) is 6.54 Å². The number of nitrogens with one attached hydrogen (secondary N) is 1. The topological polar surface area (TPSA) is 93.4 Å². The van der Waals surface area contributed by atoms with Crippen molar-refractivity contribution in [1.82, 2.24) is 15.1 Å². The Morgan fingerprint density at radius 3 is 2.54 bits per heavy atom. The van der Waals surface area contributed by atoms with Crippen LogP contribution in [0.3, 0.4) is 0 Å². The number of halogens is 1. The van der Waals surface area contributed by atoms with Crippen LogP contribution in [0.2, 0.25) is 0 Å². The smallest absolute Gasteiger partial charge is 0.346 e. The van der Waals surface area contributed by atoms with Crippen LogP contribution in [0.4, 0.5) is 4.39 Å². The van der Waals surface area contributed by atoms with Crippen molar-refractivity contribution in [3.05, 3.63) is 47.5 Å². The van der Waals surface area contributed by atoms with Crippen molar-refractivity contribution in [3.63, 3.8) is 0 Å². The number of ether oxygens (including phenoxy) is 1. The molecule has 0 saturated carbocycles. The maximum Gasteiger partial charge on any atom is 0.346 e. The van der Waals surface area contributed by atoms with E-state index in [0.29, 0.717) is 23.7 Å². The predicted molar refractivity (Wildman–Crippen MR) is 92.6 cm³/mol. The standard InChI is InChI=1S/C18H22FN3O4/c1-11(2)10-22-12(3)15(8-21-22)17(23)20-9-16(18(24)25)26-14-6-4-13(19)5-7-14/h4-8,11,16H,9-10H2,1-3H3,(H,20,23)(H,24,25). The molecule has 26 heavy (non-hydrogen) atoms. The van der Waals surface area contributed by atoms with E-state index < -0.39 is 23.8 Å². The molecule has 0 aliphatic carbocycles. The molecule has 0 bridgehead atoms. The van der Waals surface area contributed by atoms with Gasteiger partial charge in [0, 0.05) is 12.2 Å². The van der Waals surface area contributed by atoms with Crippen LogP contribution in [0, 0.1) is 18.7 Å². The first kappa shape index (κ1) is 19.4. The lowest BCUT2D eigenvalue weighted by molar-refractivity contribution is -0.144. The monoisotopic (exact) mass is 363 g/mol. The summed E-state index contributed by atoms with van der Waals surface area (Å²) in [5, 5.41) is 16.0. The van der Waals surface area contributed by atoms with Gasteiger partial charge in [-0.2, -0.15) is 5.10 Å². The van der Waals surface area contributed by atoms with Gasteiger partial charge in [-0.05, 0) is 37.1 Å². The summed E-state index contributed by atoms with van der Waals surface area (Å²) in [6.07, 6.45) is 0.166. The molecule has 2 rings (SSSR count). The minimum absolute atomic E-state index is 0.203. The number of amides is 1. The molecule has 1 amide bonds. The van der Waals surface area contributed by atoms with E-state index in [4.69, 9.17) is 4.74 Å². The fraction of sp³-hybridized carbons (Fsp3) is 0.389. The van der Waals surface area contributed by atoms with Crippen molar-refractivity contribution in [2.24, 2.45) is 5.92 Å². The van der Waals surface area contributed by atoms with Gasteiger partial charge in [0.25, 0.3) is 5.91 Å². The van der Waals surface area contributed by atoms with Crippen LogP contribution in [-0.4, -0.2) is 39.4 Å². The fourth-order valence-electron chi connectivity index (χ4n) is 2.34. The van der Waals surface area contributed by atoms with Gasteiger partial charge in [-0.1, -0.05) is 13.8 Å². The Balaban J connectivity index is 2.00. The Kier molecular flexibility index (Phi) is 6.32. The molecule has 2 N–H and O–H groups in total. The Bertz CT molecular complexity index is 771. The van der Waals surface area contributed by atoms with Gasteiger partial charge in [0.15, 0.2) is 0 Å². The van der Waals surface area contributed by atoms with Gasteiger partial charge in [-0.25, -0.2) is 9.18 Å². The highest BCUT2D eigenvalue weighted by Gasteiger charge is 2.22. The molecule has 1 unspecified atom stereocenters. The number of carbonyl (C=O) groups is 2. The number of hydrogen-bond donors (Lipinski definition) is 2. The number of hydrogen-bond acceptors (Lipinski definition) is 4. The number of nitrogens with zero attached hydrogens (tertiary/aromatic N) is 2. The number of rotatable bonds is 8. The Morgan fingerprint density at radius 1 is 1.31 bits per heavy atom. The van der Waals surface area contributed by atoms with E-state index in [1.165, 1.54) is 30.5 Å². The van der Waals surface area contributed by atoms with E-state index in [-0.39, 0.29) is 12.3 Å². The van der Waals surface area contributed by atoms with Gasteiger partial charge in [-0.15, -0.1) is 0 Å². The highest BCUT2D eigenvalue weighted by molar-refractivity contribution is 5.95. The lowest BCUT2D eigenvalue weighted by atomic mass is 10.2. The molecule has 0 aliphatic heterocycles. The van der Waals surface area contributed by atoms with Crippen molar-refractivity contribution in [1.29, 1.82) is 0 Å². The molecule has 0 saturated heterocycles. The van der Waals surface area contributed by atoms with Crippen molar-refractivity contribution in [2.45, 2.75) is 33.4 Å². The average molecular weight is 363 g/mol. The predicted octanol–water partition coefficient (Wildman–Crippen LogP) is 2.25. The van der Waals surface area contributed by atoms with Crippen LogP contribution >= 0.6 is 0 Å². The zero-order valence-corrected chi connectivity index (χ0v) is 14.9. The first-order valence-electron chi connectivity index (χ1n) is 8.23. The summed E-state index contributed by atoms with van der Waals surface area (Å²) in [6, 6.07) is 4.99. The van der Waals surface area contributed by atoms with Gasteiger partial charge >= 0.3 is 5.97 Å². The largest absolute Gasteiger partial charge is 0.478 e. The van der Waals surface area contributed by atoms with E-state index in [1.807, 2.05) is 13.8 Å². The summed E-state index contributed by atoms with van der Waals surface area (Å²) in [5.41, 5.74) is 1.10. The van der Waals surface area contributed by atoms with Crippen LogP contribution in [0.15, 0.2) is 30.5 Å². The number of aliphatic carboxylic acids is 1. The highest BCUT2D eigenvalue weighted by atomic mass is 19.1. The molecule has 1 aromatic heterocycles. The molecule has 7 nitrogen and oxygen atoms in total. The summed E-state index contributed by atoms with van der Waals surface area (Å²) in [7, 11) is 0. The molecular weight excluding hydrogens is 341 g/mol. The number of aromatic nitrogens is 2. The summed E-state index contributed by atoms with van der Waals surface area (Å²) in [5.74, 6) is -1.53. The zero-order valence-electron chi connectivity index (χ0n) is 14.9. The molecular formula is C18H22FN3O4. The molecule has 8 heteroatoms. The van der Waals surface area contributed by atoms with Crippen LogP contribution < -0.4 is 10.1 Å². The maximum atomic E-state index is 12.9. The maximum absolute atomic E-state index is 12.9. The van der Waals surface area contributed by atoms with Gasteiger partial charge in [0.05, 0.1) is 18.3 Å². The molecule has 1 atom stereocenters. The third kappa shape index (κ3) is 5.05. The quantitative estimate of drug-likeness (QED) is 0.750. The second-order valence-electron chi connectivity index (χ2n) is 6.33. The molecule has 0 fully saturated rings. The van der Waals surface area contributed by atoms with Gasteiger partial charge in [0.2, 0.25) is 6.10 Å². The second kappa shape index (κ2) is 8.46. The molecule has 1 aromatic carbocycles. The van der Waals surface area contributed by atoms with Crippen LogP contribution in [0.25, 0.3) is 0 Å². The molecule has 2 aromatic rings. The van der Waals surface area contributed by atoms with Gasteiger partial charge in [-0.3, -0.25) is 9.48 Å². The van der Waals surface area contributed by atoms with E-state index in [2.05, 4.69) is 10.4 Å². The molecule has 0 spiro atoms. The van der Waals surface area contributed by atoms with Crippen LogP contribution in [0.1, 0.15) is 29.9 Å². The first-order valence-corrected chi connectivity index (χ1v) is 8.23. The molecule has 140 valence electrons. The van der Waals surface area contributed by atoms with Crippen LogP contribution in [-0.2, 0) is 11.3 Å². The summed E-state index contributed by atoms with van der Waals surface area (Å²) in [6.45, 7) is 6.33. The minimum Gasteiger partial charge on any atom is -0.478 e. The number of carboxylic acid groups (broad SMARTS) is 1. The Labute approximate surface area is 150 Å². The Hall–Kier alpha value is -2.90. The highest BCUT2D eigenvalue weighted by Crippen LogP contribution is 2.14. The third-order valence-corrected chi connectivity index (χ3v) is 3.70. The van der Waals surface area contributed by atoms with E-state index in [1.54, 1.807) is 11.6 Å². The third-order valence-electron chi connectivity index (χ3n) is 3.70. The molecule has 0 radical (unpaired) electrons. The Morgan fingerprint density at radius 2 is 1.96 bits per heavy atom. The fourth-order valence-corrected chi connectivity index (χ4v) is 2.34. The zero-order chi connectivity index (χ0) is 19.3.